The lowest BCUT2D eigenvalue weighted by atomic mass is 10.1. The fourth-order valence-corrected chi connectivity index (χ4v) is 1.78. The van der Waals surface area contributed by atoms with Gasteiger partial charge in [0.15, 0.2) is 0 Å². The molecule has 2 rings (SSSR count). The van der Waals surface area contributed by atoms with Gasteiger partial charge in [0, 0.05) is 37.5 Å². The van der Waals surface area contributed by atoms with E-state index in [1.165, 1.54) is 7.05 Å². The smallest absolute Gasteiger partial charge is 0.251 e. The summed E-state index contributed by atoms with van der Waals surface area (Å²) in [4.78, 5) is 18.5. The molecular formula is C13H14F2N4O. The molecule has 0 aliphatic heterocycles. The third-order valence-corrected chi connectivity index (χ3v) is 2.79. The number of imidazole rings is 1. The number of H-pyrrole nitrogens is 1. The summed E-state index contributed by atoms with van der Waals surface area (Å²) in [5.74, 6) is -2.12. The molecule has 106 valence electrons. The fraction of sp³-hybridized carbons (Fsp3) is 0.231. The molecule has 3 N–H and O–H groups in total. The van der Waals surface area contributed by atoms with Crippen molar-refractivity contribution in [1.82, 2.24) is 15.3 Å². The van der Waals surface area contributed by atoms with Gasteiger partial charge in [-0.15, -0.1) is 0 Å². The van der Waals surface area contributed by atoms with Crippen LogP contribution in [0.2, 0.25) is 0 Å². The van der Waals surface area contributed by atoms with Gasteiger partial charge in [0.25, 0.3) is 5.91 Å². The highest BCUT2D eigenvalue weighted by atomic mass is 19.1. The Bertz CT molecular complexity index is 575. The van der Waals surface area contributed by atoms with E-state index >= 15 is 0 Å². The van der Waals surface area contributed by atoms with Gasteiger partial charge in [-0.3, -0.25) is 4.79 Å². The summed E-state index contributed by atoms with van der Waals surface area (Å²) in [6.45, 7) is 0.345. The van der Waals surface area contributed by atoms with Gasteiger partial charge in [-0.05, 0) is 12.1 Å². The van der Waals surface area contributed by atoms with E-state index in [2.05, 4.69) is 20.6 Å². The van der Waals surface area contributed by atoms with Crippen molar-refractivity contribution >= 4 is 11.6 Å². The van der Waals surface area contributed by atoms with E-state index in [1.807, 2.05) is 0 Å². The monoisotopic (exact) mass is 280 g/mol. The van der Waals surface area contributed by atoms with Crippen LogP contribution in [0.1, 0.15) is 16.1 Å². The number of halogens is 2. The van der Waals surface area contributed by atoms with E-state index in [0.717, 1.165) is 17.8 Å². The number of carbonyl (C=O) groups is 1. The highest BCUT2D eigenvalue weighted by molar-refractivity contribution is 5.94. The average Bonchev–Trinajstić information content (AvgIpc) is 2.91. The second kappa shape index (κ2) is 6.14. The Labute approximate surface area is 114 Å². The first-order chi connectivity index (χ1) is 9.61. The summed E-state index contributed by atoms with van der Waals surface area (Å²) in [5, 5.41) is 4.99. The first-order valence-corrected chi connectivity index (χ1v) is 6.04. The van der Waals surface area contributed by atoms with Crippen LogP contribution in [0, 0.1) is 11.6 Å². The van der Waals surface area contributed by atoms with Crippen LogP contribution in [-0.4, -0.2) is 29.5 Å². The zero-order valence-electron chi connectivity index (χ0n) is 10.8. The van der Waals surface area contributed by atoms with Gasteiger partial charge >= 0.3 is 0 Å². The maximum atomic E-state index is 13.5. The van der Waals surface area contributed by atoms with Crippen LogP contribution >= 0.6 is 0 Å². The molecule has 1 aromatic heterocycles. The number of benzene rings is 1. The highest BCUT2D eigenvalue weighted by Gasteiger charge is 2.14. The molecule has 0 fully saturated rings. The Morgan fingerprint density at radius 2 is 2.05 bits per heavy atom. The summed E-state index contributed by atoms with van der Waals surface area (Å²) in [6, 6.07) is 2.00. The quantitative estimate of drug-likeness (QED) is 0.780. The molecule has 1 aromatic carbocycles. The third kappa shape index (κ3) is 3.11. The van der Waals surface area contributed by atoms with E-state index in [9.17, 15) is 13.6 Å². The normalized spacial score (nSPS) is 10.3. The molecule has 1 amide bonds. The van der Waals surface area contributed by atoms with Gasteiger partial charge in [-0.25, -0.2) is 13.8 Å². The minimum absolute atomic E-state index is 0.0522. The summed E-state index contributed by atoms with van der Waals surface area (Å²) in [5.41, 5.74) is 0.566. The molecule has 7 heteroatoms. The number of hydrogen-bond acceptors (Lipinski definition) is 3. The predicted octanol–water partition coefficient (Wildman–Crippen LogP) is 1.70. The standard InChI is InChI=1S/C13H14F2N4O/c1-16-12-10(14)4-8(5-11(12)15)13(20)18-3-2-9-6-17-7-19-9/h4-7,16H,2-3H2,1H3,(H,17,19)(H,18,20). The Kier molecular flexibility index (Phi) is 4.29. The Hall–Kier alpha value is -2.44. The molecule has 0 saturated heterocycles. The van der Waals surface area contributed by atoms with Crippen LogP contribution in [0.25, 0.3) is 0 Å². The minimum atomic E-state index is -0.800. The number of hydrogen-bond donors (Lipinski definition) is 3. The van der Waals surface area contributed by atoms with Crippen LogP contribution in [0.3, 0.4) is 0 Å². The van der Waals surface area contributed by atoms with Gasteiger partial charge in [0.05, 0.1) is 6.33 Å². The molecule has 0 unspecified atom stereocenters. The SMILES string of the molecule is CNc1c(F)cc(C(=O)NCCc2cnc[nH]2)cc1F. The summed E-state index contributed by atoms with van der Waals surface area (Å²) in [7, 11) is 1.41. The zero-order chi connectivity index (χ0) is 14.5. The predicted molar refractivity (Wildman–Crippen MR) is 70.5 cm³/mol. The van der Waals surface area contributed by atoms with Crippen molar-refractivity contribution in [2.24, 2.45) is 0 Å². The van der Waals surface area contributed by atoms with Crippen LogP contribution in [0.15, 0.2) is 24.7 Å². The lowest BCUT2D eigenvalue weighted by molar-refractivity contribution is 0.0953. The molecule has 0 aliphatic carbocycles. The second-order valence-corrected chi connectivity index (χ2v) is 4.15. The summed E-state index contributed by atoms with van der Waals surface area (Å²) in [6.07, 6.45) is 3.75. The maximum absolute atomic E-state index is 13.5. The van der Waals surface area contributed by atoms with Gasteiger partial charge < -0.3 is 15.6 Å². The van der Waals surface area contributed by atoms with Crippen LogP contribution in [0.4, 0.5) is 14.5 Å². The Morgan fingerprint density at radius 1 is 1.35 bits per heavy atom. The number of anilines is 1. The summed E-state index contributed by atoms with van der Waals surface area (Å²) >= 11 is 0. The molecule has 0 radical (unpaired) electrons. The van der Waals surface area contributed by atoms with Crippen molar-refractivity contribution in [3.8, 4) is 0 Å². The van der Waals surface area contributed by atoms with Gasteiger partial charge in [-0.1, -0.05) is 0 Å². The number of nitrogens with zero attached hydrogens (tertiary/aromatic N) is 1. The average molecular weight is 280 g/mol. The number of aromatic amines is 1. The largest absolute Gasteiger partial charge is 0.383 e. The van der Waals surface area contributed by atoms with Gasteiger partial charge in [0.1, 0.15) is 17.3 Å². The first kappa shape index (κ1) is 14.0. The first-order valence-electron chi connectivity index (χ1n) is 6.04. The van der Waals surface area contributed by atoms with Crippen molar-refractivity contribution in [3.63, 3.8) is 0 Å². The van der Waals surface area contributed by atoms with Crippen molar-refractivity contribution < 1.29 is 13.6 Å². The number of amides is 1. The molecule has 0 spiro atoms. The van der Waals surface area contributed by atoms with Crippen LogP contribution < -0.4 is 10.6 Å². The molecule has 20 heavy (non-hydrogen) atoms. The van der Waals surface area contributed by atoms with E-state index in [-0.39, 0.29) is 11.3 Å². The lowest BCUT2D eigenvalue weighted by Gasteiger charge is -2.08. The molecule has 0 aliphatic rings. The Balaban J connectivity index is 1.99. The van der Waals surface area contributed by atoms with Gasteiger partial charge in [0.2, 0.25) is 0 Å². The third-order valence-electron chi connectivity index (χ3n) is 2.79. The number of carbonyl (C=O) groups excluding carboxylic acids is 1. The molecule has 0 atom stereocenters. The molecule has 0 bridgehead atoms. The van der Waals surface area contributed by atoms with Crippen molar-refractivity contribution in [1.29, 1.82) is 0 Å². The summed E-state index contributed by atoms with van der Waals surface area (Å²) < 4.78 is 27.0. The lowest BCUT2D eigenvalue weighted by Crippen LogP contribution is -2.26. The van der Waals surface area contributed by atoms with E-state index in [0.29, 0.717) is 13.0 Å². The van der Waals surface area contributed by atoms with Gasteiger partial charge in [-0.2, -0.15) is 0 Å². The topological polar surface area (TPSA) is 69.8 Å². The molecule has 1 heterocycles. The number of rotatable bonds is 5. The minimum Gasteiger partial charge on any atom is -0.383 e. The highest BCUT2D eigenvalue weighted by Crippen LogP contribution is 2.20. The zero-order valence-corrected chi connectivity index (χ0v) is 10.8. The van der Waals surface area contributed by atoms with Crippen molar-refractivity contribution in [2.45, 2.75) is 6.42 Å². The van der Waals surface area contributed by atoms with Crippen LogP contribution in [0.5, 0.6) is 0 Å². The van der Waals surface area contributed by atoms with Crippen molar-refractivity contribution in [3.05, 3.63) is 47.5 Å². The van der Waals surface area contributed by atoms with E-state index in [1.54, 1.807) is 12.5 Å². The maximum Gasteiger partial charge on any atom is 0.251 e. The Morgan fingerprint density at radius 3 is 2.60 bits per heavy atom. The second-order valence-electron chi connectivity index (χ2n) is 4.15. The molecule has 0 saturated carbocycles. The molecule has 2 aromatic rings. The van der Waals surface area contributed by atoms with Crippen molar-refractivity contribution in [2.75, 3.05) is 18.9 Å². The van der Waals surface area contributed by atoms with E-state index in [4.69, 9.17) is 0 Å². The fourth-order valence-electron chi connectivity index (χ4n) is 1.78. The van der Waals surface area contributed by atoms with Crippen LogP contribution in [-0.2, 0) is 6.42 Å². The number of nitrogens with one attached hydrogen (secondary N) is 3. The molecular weight excluding hydrogens is 266 g/mol. The number of aromatic nitrogens is 2. The van der Waals surface area contributed by atoms with E-state index < -0.39 is 17.5 Å². The molecule has 5 nitrogen and oxygen atoms in total.